The Morgan fingerprint density at radius 2 is 1.55 bits per heavy atom. The molecule has 0 aliphatic heterocycles. The maximum absolute atomic E-state index is 5.89. The van der Waals surface area contributed by atoms with Gasteiger partial charge in [0.15, 0.2) is 0 Å². The summed E-state index contributed by atoms with van der Waals surface area (Å²) in [5, 5.41) is 0. The first-order valence-corrected chi connectivity index (χ1v) is 7.79. The van der Waals surface area contributed by atoms with Crippen molar-refractivity contribution in [1.82, 2.24) is 0 Å². The van der Waals surface area contributed by atoms with Gasteiger partial charge >= 0.3 is 0 Å². The second kappa shape index (κ2) is 6.65. The third-order valence-corrected chi connectivity index (χ3v) is 4.99. The minimum absolute atomic E-state index is 0.226. The van der Waals surface area contributed by atoms with Crippen LogP contribution < -0.4 is 4.74 Å². The summed E-state index contributed by atoms with van der Waals surface area (Å²) in [5.41, 5.74) is 1.83. The molecule has 0 amide bonds. The fraction of sp³-hybridized carbons (Fsp3) is 0.632. The lowest BCUT2D eigenvalue weighted by Crippen LogP contribution is -2.26. The molecule has 0 saturated heterocycles. The van der Waals surface area contributed by atoms with E-state index >= 15 is 0 Å². The Bertz CT molecular complexity index is 400. The molecule has 1 radical (unpaired) electrons. The van der Waals surface area contributed by atoms with Crippen molar-refractivity contribution in [3.05, 3.63) is 36.8 Å². The molecule has 1 atom stereocenters. The summed E-state index contributed by atoms with van der Waals surface area (Å²) in [6, 6.07) is 8.53. The third kappa shape index (κ3) is 4.26. The van der Waals surface area contributed by atoms with Gasteiger partial charge in [-0.1, -0.05) is 60.1 Å². The van der Waals surface area contributed by atoms with Crippen LogP contribution in [0.1, 0.15) is 59.9 Å². The molecule has 0 N–H and O–H groups in total. The van der Waals surface area contributed by atoms with E-state index in [0.29, 0.717) is 12.5 Å². The average Bonchev–Trinajstić information content (AvgIpc) is 2.45. The highest BCUT2D eigenvalue weighted by molar-refractivity contribution is 5.31. The number of hydrogen-bond acceptors (Lipinski definition) is 1. The molecule has 0 aliphatic carbocycles. The largest absolute Gasteiger partial charge is 0.493 e. The van der Waals surface area contributed by atoms with Crippen LogP contribution in [-0.2, 0) is 5.41 Å². The summed E-state index contributed by atoms with van der Waals surface area (Å²) < 4.78 is 5.89. The lowest BCUT2D eigenvalue weighted by Gasteiger charge is -2.30. The van der Waals surface area contributed by atoms with E-state index < -0.39 is 0 Å². The highest BCUT2D eigenvalue weighted by atomic mass is 16.5. The molecule has 1 rings (SSSR count). The summed E-state index contributed by atoms with van der Waals surface area (Å²) in [7, 11) is 0. The summed E-state index contributed by atoms with van der Waals surface area (Å²) in [6.45, 7) is 18.4. The van der Waals surface area contributed by atoms with Gasteiger partial charge < -0.3 is 4.74 Å². The van der Waals surface area contributed by atoms with E-state index in [1.54, 1.807) is 0 Å². The Balaban J connectivity index is 2.63. The molecule has 0 spiro atoms. The monoisotopic (exact) mass is 275 g/mol. The molecule has 1 nitrogen and oxygen atoms in total. The molecule has 0 heterocycles. The van der Waals surface area contributed by atoms with Crippen molar-refractivity contribution in [3.63, 3.8) is 0 Å². The van der Waals surface area contributed by atoms with Gasteiger partial charge in [-0.3, -0.25) is 0 Å². The molecule has 0 fully saturated rings. The van der Waals surface area contributed by atoms with Crippen molar-refractivity contribution in [2.24, 2.45) is 11.3 Å². The fourth-order valence-corrected chi connectivity index (χ4v) is 1.92. The molecule has 113 valence electrons. The standard InChI is InChI=1S/C19H31O/c1-8-18(4,5)15(3)14-20-17-12-10-16(11-13-17)19(6,7)9-2/h10-13,15H,3,8-9,14H2,1-2,4-7H3. The fourth-order valence-electron chi connectivity index (χ4n) is 1.92. The van der Waals surface area contributed by atoms with Crippen LogP contribution in [0.3, 0.4) is 0 Å². The number of hydrogen-bond donors (Lipinski definition) is 0. The predicted molar refractivity (Wildman–Crippen MR) is 88.2 cm³/mol. The van der Waals surface area contributed by atoms with Crippen molar-refractivity contribution in [2.45, 2.75) is 59.8 Å². The Morgan fingerprint density at radius 3 is 2.00 bits per heavy atom. The second-order valence-corrected chi connectivity index (χ2v) is 7.11. The lowest BCUT2D eigenvalue weighted by atomic mass is 9.78. The molecule has 1 aromatic carbocycles. The van der Waals surface area contributed by atoms with E-state index in [9.17, 15) is 0 Å². The minimum Gasteiger partial charge on any atom is -0.493 e. The van der Waals surface area contributed by atoms with Crippen molar-refractivity contribution in [1.29, 1.82) is 0 Å². The molecule has 0 aromatic heterocycles. The van der Waals surface area contributed by atoms with E-state index in [0.717, 1.165) is 18.6 Å². The number of rotatable bonds is 7. The SMILES string of the molecule is [CH2]C(COc1ccc(C(C)(C)CC)cc1)C(C)(C)CC. The Kier molecular flexibility index (Phi) is 5.68. The van der Waals surface area contributed by atoms with Crippen molar-refractivity contribution < 1.29 is 4.74 Å². The van der Waals surface area contributed by atoms with E-state index in [-0.39, 0.29) is 10.8 Å². The van der Waals surface area contributed by atoms with Crippen LogP contribution >= 0.6 is 0 Å². The number of benzene rings is 1. The summed E-state index contributed by atoms with van der Waals surface area (Å²) in [4.78, 5) is 0. The van der Waals surface area contributed by atoms with Gasteiger partial charge in [0.25, 0.3) is 0 Å². The van der Waals surface area contributed by atoms with Gasteiger partial charge in [0.05, 0.1) is 6.61 Å². The summed E-state index contributed by atoms with van der Waals surface area (Å²) in [5.74, 6) is 1.25. The van der Waals surface area contributed by atoms with E-state index in [4.69, 9.17) is 4.74 Å². The third-order valence-electron chi connectivity index (χ3n) is 4.99. The number of ether oxygens (including phenoxy) is 1. The van der Waals surface area contributed by atoms with E-state index in [2.05, 4.69) is 72.7 Å². The van der Waals surface area contributed by atoms with Crippen molar-refractivity contribution in [3.8, 4) is 5.75 Å². The maximum Gasteiger partial charge on any atom is 0.119 e. The first-order valence-electron chi connectivity index (χ1n) is 7.79. The van der Waals surface area contributed by atoms with Crippen LogP contribution in [0.25, 0.3) is 0 Å². The van der Waals surface area contributed by atoms with Gasteiger partial charge in [0.2, 0.25) is 0 Å². The highest BCUT2D eigenvalue weighted by Gasteiger charge is 2.24. The maximum atomic E-state index is 5.89. The second-order valence-electron chi connectivity index (χ2n) is 7.11. The Labute approximate surface area is 125 Å². The van der Waals surface area contributed by atoms with E-state index in [1.165, 1.54) is 5.56 Å². The molecule has 0 saturated carbocycles. The zero-order chi connectivity index (χ0) is 15.4. The van der Waals surface area contributed by atoms with Gasteiger partial charge in [-0.05, 0) is 47.8 Å². The summed E-state index contributed by atoms with van der Waals surface area (Å²) in [6.07, 6.45) is 2.26. The Morgan fingerprint density at radius 1 is 1.00 bits per heavy atom. The van der Waals surface area contributed by atoms with Gasteiger partial charge in [-0.15, -0.1) is 0 Å². The van der Waals surface area contributed by atoms with Crippen LogP contribution in [0, 0.1) is 18.3 Å². The summed E-state index contributed by atoms with van der Waals surface area (Å²) >= 11 is 0. The zero-order valence-electron chi connectivity index (χ0n) is 14.1. The molecular formula is C19H31O. The van der Waals surface area contributed by atoms with Crippen LogP contribution in [0.15, 0.2) is 24.3 Å². The van der Waals surface area contributed by atoms with Crippen LogP contribution in [-0.4, -0.2) is 6.61 Å². The zero-order valence-corrected chi connectivity index (χ0v) is 14.1. The topological polar surface area (TPSA) is 9.23 Å². The Hall–Kier alpha value is -0.980. The van der Waals surface area contributed by atoms with Gasteiger partial charge in [-0.2, -0.15) is 0 Å². The first-order chi connectivity index (χ1) is 9.23. The quantitative estimate of drug-likeness (QED) is 0.625. The molecule has 20 heavy (non-hydrogen) atoms. The molecule has 1 heteroatoms. The van der Waals surface area contributed by atoms with Crippen LogP contribution in [0.5, 0.6) is 5.75 Å². The molecular weight excluding hydrogens is 244 g/mol. The van der Waals surface area contributed by atoms with Gasteiger partial charge in [0.1, 0.15) is 5.75 Å². The predicted octanol–water partition coefficient (Wildman–Crippen LogP) is 5.64. The highest BCUT2D eigenvalue weighted by Crippen LogP contribution is 2.31. The minimum atomic E-state index is 0.226. The van der Waals surface area contributed by atoms with Crippen LogP contribution in [0.4, 0.5) is 0 Å². The molecule has 0 bridgehead atoms. The smallest absolute Gasteiger partial charge is 0.119 e. The average molecular weight is 275 g/mol. The molecule has 1 unspecified atom stereocenters. The van der Waals surface area contributed by atoms with Gasteiger partial charge in [0, 0.05) is 0 Å². The normalized spacial score (nSPS) is 14.2. The van der Waals surface area contributed by atoms with Gasteiger partial charge in [-0.25, -0.2) is 0 Å². The van der Waals surface area contributed by atoms with Crippen molar-refractivity contribution in [2.75, 3.05) is 6.61 Å². The lowest BCUT2D eigenvalue weighted by molar-refractivity contribution is 0.160. The first kappa shape index (κ1) is 17.1. The van der Waals surface area contributed by atoms with E-state index in [1.807, 2.05) is 0 Å². The van der Waals surface area contributed by atoms with Crippen molar-refractivity contribution >= 4 is 0 Å². The molecule has 0 aliphatic rings. The molecule has 1 aromatic rings. The van der Waals surface area contributed by atoms with Crippen LogP contribution in [0.2, 0.25) is 0 Å².